The number of Topliss-reactive ketones (excluding diaryl/α,β-unsaturated/α-hetero) is 1. The first kappa shape index (κ1) is 12.7. The molecule has 0 amide bonds. The fourth-order valence-corrected chi connectivity index (χ4v) is 2.27. The van der Waals surface area contributed by atoms with Crippen LogP contribution in [0.15, 0.2) is 42.6 Å². The minimum Gasteiger partial charge on any atom is -0.486 e. The molecular formula is C16H15NO3. The number of ketones is 1. The van der Waals surface area contributed by atoms with Crippen molar-refractivity contribution in [2.75, 3.05) is 13.2 Å². The van der Waals surface area contributed by atoms with E-state index in [4.69, 9.17) is 9.47 Å². The molecule has 0 radical (unpaired) electrons. The van der Waals surface area contributed by atoms with Crippen LogP contribution < -0.4 is 9.47 Å². The third kappa shape index (κ3) is 2.25. The Bertz CT molecular complexity index is 625. The van der Waals surface area contributed by atoms with Crippen LogP contribution in [-0.2, 0) is 0 Å². The molecule has 1 aromatic heterocycles. The SMILES string of the molecule is CC(C(=O)c1cccc2c1OCCO2)c1ccccn1. The molecule has 0 N–H and O–H groups in total. The lowest BCUT2D eigenvalue weighted by molar-refractivity contribution is 0.0953. The Morgan fingerprint density at radius 2 is 2.00 bits per heavy atom. The Balaban J connectivity index is 1.95. The van der Waals surface area contributed by atoms with E-state index in [-0.39, 0.29) is 11.7 Å². The van der Waals surface area contributed by atoms with Crippen LogP contribution in [0.2, 0.25) is 0 Å². The predicted molar refractivity (Wildman–Crippen MR) is 74.4 cm³/mol. The van der Waals surface area contributed by atoms with Gasteiger partial charge in [-0.25, -0.2) is 0 Å². The van der Waals surface area contributed by atoms with Gasteiger partial charge in [-0.2, -0.15) is 0 Å². The van der Waals surface area contributed by atoms with Crippen molar-refractivity contribution >= 4 is 5.78 Å². The lowest BCUT2D eigenvalue weighted by Gasteiger charge is -2.21. The zero-order valence-corrected chi connectivity index (χ0v) is 11.2. The molecule has 0 spiro atoms. The van der Waals surface area contributed by atoms with Gasteiger partial charge in [0.1, 0.15) is 13.2 Å². The fourth-order valence-electron chi connectivity index (χ4n) is 2.27. The number of para-hydroxylation sites is 1. The molecule has 0 fully saturated rings. The maximum atomic E-state index is 12.6. The van der Waals surface area contributed by atoms with Crippen molar-refractivity contribution in [3.05, 3.63) is 53.9 Å². The normalized spacial score (nSPS) is 14.7. The van der Waals surface area contributed by atoms with Gasteiger partial charge in [0.15, 0.2) is 17.3 Å². The molecule has 1 aliphatic rings. The molecule has 1 atom stereocenters. The Kier molecular flexibility index (Phi) is 3.37. The summed E-state index contributed by atoms with van der Waals surface area (Å²) < 4.78 is 11.1. The summed E-state index contributed by atoms with van der Waals surface area (Å²) in [7, 11) is 0. The van der Waals surface area contributed by atoms with Gasteiger partial charge in [-0.3, -0.25) is 9.78 Å². The molecule has 4 nitrogen and oxygen atoms in total. The van der Waals surface area contributed by atoms with Gasteiger partial charge in [0.25, 0.3) is 0 Å². The summed E-state index contributed by atoms with van der Waals surface area (Å²) in [5.74, 6) is 0.862. The number of benzene rings is 1. The van der Waals surface area contributed by atoms with Gasteiger partial charge in [0.05, 0.1) is 17.2 Å². The van der Waals surface area contributed by atoms with Crippen LogP contribution in [0.25, 0.3) is 0 Å². The van der Waals surface area contributed by atoms with Crippen LogP contribution in [0.5, 0.6) is 11.5 Å². The van der Waals surface area contributed by atoms with Gasteiger partial charge in [-0.05, 0) is 31.2 Å². The Labute approximate surface area is 117 Å². The topological polar surface area (TPSA) is 48.4 Å². The van der Waals surface area contributed by atoms with E-state index in [1.807, 2.05) is 37.3 Å². The molecule has 1 unspecified atom stereocenters. The molecule has 0 saturated carbocycles. The molecule has 4 heteroatoms. The molecule has 0 saturated heterocycles. The molecule has 1 aliphatic heterocycles. The Morgan fingerprint density at radius 3 is 2.80 bits per heavy atom. The predicted octanol–water partition coefficient (Wildman–Crippen LogP) is 2.84. The molecule has 102 valence electrons. The molecule has 3 rings (SSSR count). The second-order valence-corrected chi connectivity index (χ2v) is 4.67. The first-order valence-electron chi connectivity index (χ1n) is 6.61. The van der Waals surface area contributed by atoms with Crippen LogP contribution in [-0.4, -0.2) is 24.0 Å². The second-order valence-electron chi connectivity index (χ2n) is 4.67. The molecule has 2 aromatic rings. The summed E-state index contributed by atoms with van der Waals surface area (Å²) in [5, 5.41) is 0. The van der Waals surface area contributed by atoms with E-state index in [2.05, 4.69) is 4.98 Å². The molecule has 0 bridgehead atoms. The standard InChI is InChI=1S/C16H15NO3/c1-11(13-6-2-3-8-17-13)15(18)12-5-4-7-14-16(12)20-10-9-19-14/h2-8,11H,9-10H2,1H3. The maximum Gasteiger partial charge on any atom is 0.175 e. The molecule has 20 heavy (non-hydrogen) atoms. The summed E-state index contributed by atoms with van der Waals surface area (Å²) >= 11 is 0. The van der Waals surface area contributed by atoms with E-state index < -0.39 is 0 Å². The van der Waals surface area contributed by atoms with E-state index >= 15 is 0 Å². The van der Waals surface area contributed by atoms with Crippen LogP contribution in [0.1, 0.15) is 28.9 Å². The number of rotatable bonds is 3. The first-order valence-corrected chi connectivity index (χ1v) is 6.61. The summed E-state index contributed by atoms with van der Waals surface area (Å²) in [5.41, 5.74) is 1.31. The zero-order valence-electron chi connectivity index (χ0n) is 11.2. The van der Waals surface area contributed by atoms with Crippen molar-refractivity contribution in [2.45, 2.75) is 12.8 Å². The van der Waals surface area contributed by atoms with Gasteiger partial charge in [-0.15, -0.1) is 0 Å². The van der Waals surface area contributed by atoms with Crippen molar-refractivity contribution in [1.29, 1.82) is 0 Å². The fraction of sp³-hybridized carbons (Fsp3) is 0.250. The van der Waals surface area contributed by atoms with Crippen LogP contribution in [0, 0.1) is 0 Å². The third-order valence-electron chi connectivity index (χ3n) is 3.36. The number of carbonyl (C=O) groups is 1. The Hall–Kier alpha value is -2.36. The number of nitrogens with zero attached hydrogens (tertiary/aromatic N) is 1. The van der Waals surface area contributed by atoms with Crippen LogP contribution >= 0.6 is 0 Å². The van der Waals surface area contributed by atoms with Crippen molar-refractivity contribution in [3.8, 4) is 11.5 Å². The maximum absolute atomic E-state index is 12.6. The van der Waals surface area contributed by atoms with Crippen molar-refractivity contribution in [3.63, 3.8) is 0 Å². The smallest absolute Gasteiger partial charge is 0.175 e. The molecule has 0 aliphatic carbocycles. The average molecular weight is 269 g/mol. The third-order valence-corrected chi connectivity index (χ3v) is 3.36. The number of ether oxygens (including phenoxy) is 2. The van der Waals surface area contributed by atoms with Crippen LogP contribution in [0.4, 0.5) is 0 Å². The zero-order chi connectivity index (χ0) is 13.9. The van der Waals surface area contributed by atoms with Gasteiger partial charge >= 0.3 is 0 Å². The van der Waals surface area contributed by atoms with Gasteiger partial charge < -0.3 is 9.47 Å². The van der Waals surface area contributed by atoms with Crippen LogP contribution in [0.3, 0.4) is 0 Å². The summed E-state index contributed by atoms with van der Waals surface area (Å²) in [6.07, 6.45) is 1.69. The lowest BCUT2D eigenvalue weighted by atomic mass is 9.95. The van der Waals surface area contributed by atoms with Crippen molar-refractivity contribution in [1.82, 2.24) is 4.98 Å². The minimum absolute atomic E-state index is 0.00829. The highest BCUT2D eigenvalue weighted by Crippen LogP contribution is 2.35. The van der Waals surface area contributed by atoms with Crippen molar-refractivity contribution in [2.24, 2.45) is 0 Å². The molecular weight excluding hydrogens is 254 g/mol. The van der Waals surface area contributed by atoms with Gasteiger partial charge in [0.2, 0.25) is 0 Å². The number of aromatic nitrogens is 1. The van der Waals surface area contributed by atoms with Crippen molar-refractivity contribution < 1.29 is 14.3 Å². The van der Waals surface area contributed by atoms with Gasteiger partial charge in [-0.1, -0.05) is 12.1 Å². The highest BCUT2D eigenvalue weighted by atomic mass is 16.6. The van der Waals surface area contributed by atoms with E-state index in [9.17, 15) is 4.79 Å². The van der Waals surface area contributed by atoms with E-state index in [1.54, 1.807) is 12.3 Å². The summed E-state index contributed by atoms with van der Waals surface area (Å²) in [4.78, 5) is 16.9. The second kappa shape index (κ2) is 5.33. The number of pyridine rings is 1. The number of hydrogen-bond donors (Lipinski definition) is 0. The van der Waals surface area contributed by atoms with E-state index in [0.29, 0.717) is 30.3 Å². The van der Waals surface area contributed by atoms with E-state index in [1.165, 1.54) is 0 Å². The monoisotopic (exact) mass is 269 g/mol. The summed E-state index contributed by atoms with van der Waals surface area (Å²) in [6.45, 7) is 2.84. The highest BCUT2D eigenvalue weighted by Gasteiger charge is 2.25. The highest BCUT2D eigenvalue weighted by molar-refractivity contribution is 6.03. The molecule has 1 aromatic carbocycles. The first-order chi connectivity index (χ1) is 9.77. The lowest BCUT2D eigenvalue weighted by Crippen LogP contribution is -2.19. The van der Waals surface area contributed by atoms with E-state index in [0.717, 1.165) is 5.69 Å². The Morgan fingerprint density at radius 1 is 1.15 bits per heavy atom. The number of hydrogen-bond acceptors (Lipinski definition) is 4. The van der Waals surface area contributed by atoms with Gasteiger partial charge in [0, 0.05) is 6.20 Å². The number of carbonyl (C=O) groups excluding carboxylic acids is 1. The minimum atomic E-state index is -0.312. The number of fused-ring (bicyclic) bond motifs is 1. The average Bonchev–Trinajstić information content (AvgIpc) is 2.54. The quantitative estimate of drug-likeness (QED) is 0.804. The largest absolute Gasteiger partial charge is 0.486 e. The molecule has 2 heterocycles. The summed E-state index contributed by atoms with van der Waals surface area (Å²) in [6, 6.07) is 11.0.